The molecule has 3 aromatic rings. The Morgan fingerprint density at radius 3 is 2.00 bits per heavy atom. The van der Waals surface area contributed by atoms with E-state index in [2.05, 4.69) is 79.5 Å². The minimum absolute atomic E-state index is 0.0846. The monoisotopic (exact) mass is 703 g/mol. The molecule has 2 N–H and O–H groups in total. The highest BCUT2D eigenvalue weighted by Gasteiger charge is 2.48. The summed E-state index contributed by atoms with van der Waals surface area (Å²) in [5.74, 6) is -0.783. The minimum Gasteiger partial charge on any atom is -0.385 e. The van der Waals surface area contributed by atoms with Crippen molar-refractivity contribution in [1.82, 2.24) is 4.13 Å². The maximum atomic E-state index is 12.7. The van der Waals surface area contributed by atoms with Gasteiger partial charge in [-0.05, 0) is 85.7 Å². The number of anilines is 2. The molecule has 0 saturated heterocycles. The topological polar surface area (TPSA) is 98.6 Å². The van der Waals surface area contributed by atoms with Gasteiger partial charge in [-0.2, -0.15) is 13.2 Å². The number of hydrogen-bond donors (Lipinski definition) is 2. The lowest BCUT2D eigenvalue weighted by atomic mass is 9.87. The Morgan fingerprint density at radius 2 is 1.44 bits per heavy atom. The van der Waals surface area contributed by atoms with Gasteiger partial charge in [-0.15, -0.1) is 4.13 Å². The molecule has 0 aliphatic heterocycles. The molecule has 0 radical (unpaired) electrons. The summed E-state index contributed by atoms with van der Waals surface area (Å²) in [7, 11) is -10.7. The van der Waals surface area contributed by atoms with Crippen molar-refractivity contribution in [2.24, 2.45) is 0 Å². The van der Waals surface area contributed by atoms with Crippen molar-refractivity contribution < 1.29 is 34.6 Å². The van der Waals surface area contributed by atoms with Crippen molar-refractivity contribution in [1.29, 1.82) is 0 Å². The van der Waals surface area contributed by atoms with Crippen molar-refractivity contribution in [2.45, 2.75) is 39.6 Å². The fourth-order valence-electron chi connectivity index (χ4n) is 5.78. The maximum Gasteiger partial charge on any atom is 0.512 e. The molecule has 0 heterocycles. The van der Waals surface area contributed by atoms with Crippen LogP contribution in [0.5, 0.6) is 0 Å². The maximum absolute atomic E-state index is 12.7. The van der Waals surface area contributed by atoms with Gasteiger partial charge in [0.2, 0.25) is 10.0 Å². The number of fused-ring (bicyclic) bond motifs is 1. The average molecular weight is 704 g/mol. The van der Waals surface area contributed by atoms with Gasteiger partial charge in [0.1, 0.15) is 13.1 Å². The van der Waals surface area contributed by atoms with Gasteiger partial charge in [-0.1, -0.05) is 42.5 Å². The lowest BCUT2D eigenvalue weighted by Gasteiger charge is -2.22. The third-order valence-electron chi connectivity index (χ3n) is 8.13. The fraction of sp³-hybridized carbons (Fsp3) is 0.343. The van der Waals surface area contributed by atoms with Crippen LogP contribution >= 0.6 is 0 Å². The van der Waals surface area contributed by atoms with Crippen molar-refractivity contribution in [3.05, 3.63) is 102 Å². The van der Waals surface area contributed by atoms with Gasteiger partial charge in [0.25, 0.3) is 0 Å². The molecule has 0 amide bonds. The number of hydrogen-bond acceptors (Lipinski definition) is 6. The molecule has 4 rings (SSSR count). The van der Waals surface area contributed by atoms with Crippen LogP contribution in [-0.4, -0.2) is 71.1 Å². The molecule has 0 bridgehead atoms. The van der Waals surface area contributed by atoms with E-state index in [4.69, 9.17) is 0 Å². The Bertz CT molecular complexity index is 1940. The first-order valence-corrected chi connectivity index (χ1v) is 19.0. The molecular weight excluding hydrogens is 662 g/mol. The van der Waals surface area contributed by atoms with Gasteiger partial charge in [0.15, 0.2) is 5.71 Å². The summed E-state index contributed by atoms with van der Waals surface area (Å²) in [6, 6.07) is 21.0. The summed E-state index contributed by atoms with van der Waals surface area (Å²) >= 11 is 0. The summed E-state index contributed by atoms with van der Waals surface area (Å²) in [4.78, 5) is 2.29. The van der Waals surface area contributed by atoms with E-state index in [1.165, 1.54) is 0 Å². The summed E-state index contributed by atoms with van der Waals surface area (Å²) in [6.07, 6.45) is 7.79. The number of nitrogens with zero attached hydrogens (tertiary/aromatic N) is 2. The quantitative estimate of drug-likeness (QED) is 0.182. The third-order valence-corrected chi connectivity index (χ3v) is 11.5. The van der Waals surface area contributed by atoms with Crippen molar-refractivity contribution >= 4 is 53.5 Å². The molecule has 48 heavy (non-hydrogen) atoms. The first kappa shape index (κ1) is 36.9. The second kappa shape index (κ2) is 15.5. The van der Waals surface area contributed by atoms with Crippen LogP contribution in [0.2, 0.25) is 0 Å². The standard InChI is InChI=1S/C35H41F3N4O4S2/c1-5-39-33-23-22-32(30-12-9-10-13-31(30)33)34(26-14-18-28(19-15-26)41(6-2)7-3)27-16-20-29(21-17-27)42(8-4)24-11-25-47(43,44)40-48(45,46)35(36,37)38/h9-10,12-23,40H,5-8,11,24-25H2,1-4H3/p+1. The summed E-state index contributed by atoms with van der Waals surface area (Å²) < 4.78 is 87.5. The van der Waals surface area contributed by atoms with Crippen LogP contribution in [0.1, 0.15) is 45.2 Å². The molecule has 0 aromatic heterocycles. The number of halogens is 3. The molecule has 1 aliphatic rings. The van der Waals surface area contributed by atoms with E-state index in [0.29, 0.717) is 6.54 Å². The minimum atomic E-state index is -6.01. The Morgan fingerprint density at radius 1 is 0.812 bits per heavy atom. The molecule has 0 fully saturated rings. The normalized spacial score (nSPS) is 13.6. The zero-order valence-electron chi connectivity index (χ0n) is 27.5. The Kier molecular flexibility index (Phi) is 11.9. The zero-order chi connectivity index (χ0) is 35.1. The van der Waals surface area contributed by atoms with E-state index in [1.54, 1.807) is 0 Å². The second-order valence-electron chi connectivity index (χ2n) is 11.2. The number of rotatable bonds is 14. The van der Waals surface area contributed by atoms with Gasteiger partial charge < -0.3 is 10.2 Å². The highest BCUT2D eigenvalue weighted by atomic mass is 32.3. The summed E-state index contributed by atoms with van der Waals surface area (Å²) in [6.45, 7) is 11.5. The Labute approximate surface area is 281 Å². The van der Waals surface area contributed by atoms with E-state index in [9.17, 15) is 30.0 Å². The highest BCUT2D eigenvalue weighted by Crippen LogP contribution is 2.37. The smallest absolute Gasteiger partial charge is 0.385 e. The predicted octanol–water partition coefficient (Wildman–Crippen LogP) is 6.68. The molecule has 0 saturated carbocycles. The van der Waals surface area contributed by atoms with Gasteiger partial charge >= 0.3 is 15.5 Å². The molecule has 1 aliphatic carbocycles. The van der Waals surface area contributed by atoms with E-state index in [1.807, 2.05) is 47.9 Å². The van der Waals surface area contributed by atoms with Crippen LogP contribution in [0, 0.1) is 0 Å². The SMILES string of the molecule is CCNc1ccc(C(=C2C=CC(=[N+](CC)CCCS(=O)(=O)NS(=O)(=O)C(F)(F)F)C=C2)c2ccc(N(CC)CC)cc2)c2ccccc12. The van der Waals surface area contributed by atoms with Crippen molar-refractivity contribution in [3.63, 3.8) is 0 Å². The molecule has 0 unspecified atom stereocenters. The van der Waals surface area contributed by atoms with Crippen molar-refractivity contribution in [2.75, 3.05) is 48.7 Å². The molecule has 13 heteroatoms. The summed E-state index contributed by atoms with van der Waals surface area (Å²) in [5, 5.41) is 5.66. The first-order chi connectivity index (χ1) is 22.7. The van der Waals surface area contributed by atoms with E-state index < -0.39 is 31.3 Å². The predicted molar refractivity (Wildman–Crippen MR) is 190 cm³/mol. The van der Waals surface area contributed by atoms with E-state index >= 15 is 0 Å². The fourth-order valence-corrected chi connectivity index (χ4v) is 8.33. The third kappa shape index (κ3) is 8.55. The average Bonchev–Trinajstić information content (AvgIpc) is 3.05. The molecule has 8 nitrogen and oxygen atoms in total. The van der Waals surface area contributed by atoms with Crippen LogP contribution in [0.15, 0.2) is 90.5 Å². The zero-order valence-corrected chi connectivity index (χ0v) is 29.1. The van der Waals surface area contributed by atoms with Gasteiger partial charge in [-0.25, -0.2) is 21.4 Å². The van der Waals surface area contributed by atoms with Gasteiger partial charge in [0, 0.05) is 55.0 Å². The number of nitrogens with one attached hydrogen (secondary N) is 2. The molecule has 0 spiro atoms. The summed E-state index contributed by atoms with van der Waals surface area (Å²) in [5.41, 5.74) is 1.37. The second-order valence-corrected chi connectivity index (χ2v) is 14.9. The lowest BCUT2D eigenvalue weighted by Crippen LogP contribution is -2.41. The Balaban J connectivity index is 1.71. The van der Waals surface area contributed by atoms with Crippen LogP contribution in [-0.2, 0) is 20.0 Å². The molecule has 3 aromatic carbocycles. The highest BCUT2D eigenvalue weighted by molar-refractivity contribution is 8.05. The molecule has 258 valence electrons. The van der Waals surface area contributed by atoms with Crippen LogP contribution < -0.4 is 14.3 Å². The van der Waals surface area contributed by atoms with E-state index in [-0.39, 0.29) is 13.0 Å². The largest absolute Gasteiger partial charge is 0.512 e. The number of sulfonamides is 2. The van der Waals surface area contributed by atoms with Crippen LogP contribution in [0.3, 0.4) is 0 Å². The number of benzene rings is 3. The number of allylic oxidation sites excluding steroid dienone is 5. The van der Waals surface area contributed by atoms with Crippen LogP contribution in [0.4, 0.5) is 24.5 Å². The lowest BCUT2D eigenvalue weighted by molar-refractivity contribution is -0.522. The Hall–Kier alpha value is -3.94. The molecular formula is C35H42F3N4O4S2+. The van der Waals surface area contributed by atoms with Crippen LogP contribution in [0.25, 0.3) is 16.3 Å². The van der Waals surface area contributed by atoms with Gasteiger partial charge in [0.05, 0.1) is 5.75 Å². The first-order valence-electron chi connectivity index (χ1n) is 15.9. The van der Waals surface area contributed by atoms with E-state index in [0.717, 1.165) is 73.9 Å². The number of alkyl halides is 3. The van der Waals surface area contributed by atoms with Crippen molar-refractivity contribution in [3.8, 4) is 0 Å². The van der Waals surface area contributed by atoms with Gasteiger partial charge in [-0.3, -0.25) is 0 Å². The molecule has 0 atom stereocenters.